The molecule has 11 heteroatoms. The van der Waals surface area contributed by atoms with E-state index in [2.05, 4.69) is 32.1 Å². The van der Waals surface area contributed by atoms with Crippen LogP contribution in [0.15, 0.2) is 112 Å². The zero-order chi connectivity index (χ0) is 33.3. The van der Waals surface area contributed by atoms with Gasteiger partial charge in [0.25, 0.3) is 16.7 Å². The molecule has 3 aromatic carbocycles. The number of fused-ring (bicyclic) bond motifs is 2. The van der Waals surface area contributed by atoms with E-state index in [1.165, 1.54) is 18.5 Å². The Balaban J connectivity index is 0.000000170. The summed E-state index contributed by atoms with van der Waals surface area (Å²) in [4.78, 5) is 52.6. The van der Waals surface area contributed by atoms with Crippen LogP contribution in [-0.2, 0) is 0 Å². The largest absolute Gasteiger partial charge is 0.506 e. The number of hydrogen-bond donors (Lipinski definition) is 4. The van der Waals surface area contributed by atoms with Crippen LogP contribution in [0.2, 0.25) is 0 Å². The predicted molar refractivity (Wildman–Crippen MR) is 180 cm³/mol. The van der Waals surface area contributed by atoms with Crippen molar-refractivity contribution in [3.8, 4) is 11.5 Å². The smallest absolute Gasteiger partial charge is 0.266 e. The molecule has 0 aliphatic rings. The molecule has 3 heterocycles. The first-order valence-corrected chi connectivity index (χ1v) is 14.7. The summed E-state index contributed by atoms with van der Waals surface area (Å²) in [6, 6.07) is 24.8. The third kappa shape index (κ3) is 11.0. The number of nitrogens with zero attached hydrogens (tertiary/aromatic N) is 2. The van der Waals surface area contributed by atoms with Gasteiger partial charge in [-0.05, 0) is 61.9 Å². The number of Topliss-reactive ketones (excluding diaryl/α,β-unsaturated/α-hetero) is 1. The Morgan fingerprint density at radius 1 is 0.848 bits per heavy atom. The molecule has 0 fully saturated rings. The number of carbonyl (C=O) groups is 1. The molecule has 0 bridgehead atoms. The molecule has 0 atom stereocenters. The van der Waals surface area contributed by atoms with Crippen LogP contribution in [0.25, 0.3) is 21.8 Å². The van der Waals surface area contributed by atoms with E-state index >= 15 is 0 Å². The van der Waals surface area contributed by atoms with Gasteiger partial charge in [-0.15, -0.1) is 0 Å². The molecule has 0 aliphatic heterocycles. The fraction of sp³-hybridized carbons (Fsp3) is 0.200. The lowest BCUT2D eigenvalue weighted by Crippen LogP contribution is -2.05. The van der Waals surface area contributed by atoms with E-state index in [4.69, 9.17) is 4.74 Å². The van der Waals surface area contributed by atoms with Crippen LogP contribution in [0, 0.1) is 6.92 Å². The number of carbonyl (C=O) groups excluding carboxylic acids is 1. The van der Waals surface area contributed by atoms with E-state index in [0.717, 1.165) is 47.5 Å². The molecule has 0 radical (unpaired) electrons. The number of aryl methyl sites for hydroxylation is 1. The highest BCUT2D eigenvalue weighted by molar-refractivity contribution is 5.95. The topological polar surface area (TPSA) is 171 Å². The summed E-state index contributed by atoms with van der Waals surface area (Å²) in [6.45, 7) is 6.56. The average molecular weight is 624 g/mol. The number of aromatic hydroxyl groups is 1. The molecular weight excluding hydrogens is 586 g/mol. The van der Waals surface area contributed by atoms with Gasteiger partial charge in [0.15, 0.2) is 5.78 Å². The number of rotatable bonds is 6. The highest BCUT2D eigenvalue weighted by Crippen LogP contribution is 2.19. The van der Waals surface area contributed by atoms with Gasteiger partial charge in [0, 0.05) is 29.6 Å². The standard InChI is InChI=1S/C13H18O2.C9H7NO2.C8H6N2O.C5H6N2O/c1-3-5-10-15-12-8-6-11(7-9-12)13(14)4-2;11-8-5-10-9(12)7-4-2-1-3-6(7)8;11-8-5-9-6-3-1-2-4-7(6)10-8;1-4-2-3-5(8)7-6-4/h6-9H,3-5,10H2,1-2H3;1-5,11H,(H,10,12);1-5H,(H,10,11);2-3H,1H3,(H,7,8). The molecule has 0 saturated carbocycles. The Labute approximate surface area is 265 Å². The van der Waals surface area contributed by atoms with Crippen molar-refractivity contribution in [2.45, 2.75) is 40.0 Å². The van der Waals surface area contributed by atoms with Gasteiger partial charge in [0.2, 0.25) is 0 Å². The van der Waals surface area contributed by atoms with Gasteiger partial charge in [-0.3, -0.25) is 19.2 Å². The molecule has 0 spiro atoms. The van der Waals surface area contributed by atoms with Crippen molar-refractivity contribution in [2.75, 3.05) is 6.61 Å². The van der Waals surface area contributed by atoms with Gasteiger partial charge < -0.3 is 19.8 Å². The second kappa shape index (κ2) is 18.1. The number of pyridine rings is 1. The molecular formula is C35H37N5O6. The number of ketones is 1. The van der Waals surface area contributed by atoms with Crippen LogP contribution < -0.4 is 21.4 Å². The lowest BCUT2D eigenvalue weighted by Gasteiger charge is -2.05. The molecule has 3 aromatic heterocycles. The zero-order valence-electron chi connectivity index (χ0n) is 25.9. The highest BCUT2D eigenvalue weighted by Gasteiger charge is 2.02. The van der Waals surface area contributed by atoms with Crippen molar-refractivity contribution in [3.63, 3.8) is 0 Å². The fourth-order valence-electron chi connectivity index (χ4n) is 3.87. The zero-order valence-corrected chi connectivity index (χ0v) is 25.9. The van der Waals surface area contributed by atoms with Gasteiger partial charge >= 0.3 is 0 Å². The Kier molecular flexibility index (Phi) is 13.6. The van der Waals surface area contributed by atoms with Crippen LogP contribution in [0.4, 0.5) is 0 Å². The van der Waals surface area contributed by atoms with Crippen LogP contribution in [-0.4, -0.2) is 42.6 Å². The van der Waals surface area contributed by atoms with Crippen LogP contribution in [0.5, 0.6) is 11.5 Å². The summed E-state index contributed by atoms with van der Waals surface area (Å²) in [5.41, 5.74) is 2.68. The van der Waals surface area contributed by atoms with Crippen molar-refractivity contribution in [1.82, 2.24) is 25.1 Å². The summed E-state index contributed by atoms with van der Waals surface area (Å²) in [5, 5.41) is 16.4. The van der Waals surface area contributed by atoms with Crippen molar-refractivity contribution in [2.24, 2.45) is 0 Å². The van der Waals surface area contributed by atoms with E-state index < -0.39 is 0 Å². The van der Waals surface area contributed by atoms with Crippen LogP contribution >= 0.6 is 0 Å². The number of ether oxygens (including phenoxy) is 1. The van der Waals surface area contributed by atoms with Crippen molar-refractivity contribution >= 4 is 27.6 Å². The number of H-pyrrole nitrogens is 3. The van der Waals surface area contributed by atoms with Crippen LogP contribution in [0.1, 0.15) is 49.2 Å². The molecule has 0 unspecified atom stereocenters. The summed E-state index contributed by atoms with van der Waals surface area (Å²) >= 11 is 0. The first-order chi connectivity index (χ1) is 22.2. The molecule has 238 valence electrons. The van der Waals surface area contributed by atoms with Crippen molar-refractivity contribution in [1.29, 1.82) is 0 Å². The number of unbranched alkanes of at least 4 members (excludes halogenated alkanes) is 1. The van der Waals surface area contributed by atoms with E-state index in [0.29, 0.717) is 17.2 Å². The number of hydrogen-bond acceptors (Lipinski definition) is 8. The third-order valence-electron chi connectivity index (χ3n) is 6.35. The molecule has 0 saturated heterocycles. The number of para-hydroxylation sites is 2. The normalized spacial score (nSPS) is 9.98. The maximum atomic E-state index is 11.3. The summed E-state index contributed by atoms with van der Waals surface area (Å²) in [6.07, 6.45) is 5.32. The predicted octanol–water partition coefficient (Wildman–Crippen LogP) is 5.69. The monoisotopic (exact) mass is 623 g/mol. The molecule has 6 aromatic rings. The summed E-state index contributed by atoms with van der Waals surface area (Å²) in [7, 11) is 0. The van der Waals surface area contributed by atoms with Crippen molar-refractivity contribution < 1.29 is 14.6 Å². The van der Waals surface area contributed by atoms with Gasteiger partial charge in [-0.25, -0.2) is 10.1 Å². The lowest BCUT2D eigenvalue weighted by molar-refractivity contribution is 0.0988. The number of nitrogens with one attached hydrogen (secondary N) is 3. The second-order valence-corrected chi connectivity index (χ2v) is 9.88. The molecule has 0 amide bonds. The Morgan fingerprint density at radius 3 is 2.17 bits per heavy atom. The van der Waals surface area contributed by atoms with Crippen molar-refractivity contribution in [3.05, 3.63) is 140 Å². The Hall–Kier alpha value is -5.84. The Bertz CT molecular complexity index is 2000. The first-order valence-electron chi connectivity index (χ1n) is 14.7. The molecule has 0 aliphatic carbocycles. The second-order valence-electron chi connectivity index (χ2n) is 9.88. The number of aromatic amines is 3. The van der Waals surface area contributed by atoms with E-state index in [9.17, 15) is 24.3 Å². The van der Waals surface area contributed by atoms with Gasteiger partial charge in [-0.1, -0.05) is 50.6 Å². The van der Waals surface area contributed by atoms with Gasteiger partial charge in [0.1, 0.15) is 11.5 Å². The minimum absolute atomic E-state index is 0.102. The minimum Gasteiger partial charge on any atom is -0.506 e. The maximum Gasteiger partial charge on any atom is 0.266 e. The van der Waals surface area contributed by atoms with E-state index in [1.807, 2.05) is 62.4 Å². The Morgan fingerprint density at radius 2 is 1.54 bits per heavy atom. The summed E-state index contributed by atoms with van der Waals surface area (Å²) < 4.78 is 5.50. The van der Waals surface area contributed by atoms with Gasteiger partial charge in [-0.2, -0.15) is 5.10 Å². The fourth-order valence-corrected chi connectivity index (χ4v) is 3.87. The SMILES string of the molecule is CCCCOc1ccc(C(=O)CC)cc1.Cc1ccc(=O)[nH]n1.O=c1[nH]cc(O)c2ccccc12.O=c1cnc2ccccc2[nH]1. The van der Waals surface area contributed by atoms with Crippen LogP contribution in [0.3, 0.4) is 0 Å². The van der Waals surface area contributed by atoms with Gasteiger partial charge in [0.05, 0.1) is 34.9 Å². The quantitative estimate of drug-likeness (QED) is 0.135. The van der Waals surface area contributed by atoms with E-state index in [1.54, 1.807) is 30.3 Å². The molecule has 4 N–H and O–H groups in total. The van der Waals surface area contributed by atoms with E-state index in [-0.39, 0.29) is 28.2 Å². The third-order valence-corrected chi connectivity index (χ3v) is 6.35. The maximum absolute atomic E-state index is 11.3. The number of benzene rings is 3. The lowest BCUT2D eigenvalue weighted by atomic mass is 10.1. The molecule has 6 rings (SSSR count). The minimum atomic E-state index is -0.177. The highest BCUT2D eigenvalue weighted by atomic mass is 16.5. The summed E-state index contributed by atoms with van der Waals surface area (Å²) in [5.74, 6) is 1.12. The average Bonchev–Trinajstić information content (AvgIpc) is 3.09. The molecule has 46 heavy (non-hydrogen) atoms. The number of aromatic nitrogens is 5. The molecule has 11 nitrogen and oxygen atoms in total. The first kappa shape index (κ1) is 34.6.